The Morgan fingerprint density at radius 1 is 1.52 bits per heavy atom. The van der Waals surface area contributed by atoms with E-state index < -0.39 is 16.0 Å². The fourth-order valence-corrected chi connectivity index (χ4v) is 4.05. The second-order valence-corrected chi connectivity index (χ2v) is 8.53. The van der Waals surface area contributed by atoms with Crippen LogP contribution in [0.1, 0.15) is 30.4 Å². The fourth-order valence-electron chi connectivity index (χ4n) is 1.68. The first-order valence-electron chi connectivity index (χ1n) is 5.80. The second kappa shape index (κ2) is 5.78. The lowest BCUT2D eigenvalue weighted by atomic mass is 10.3. The van der Waals surface area contributed by atoms with Crippen molar-refractivity contribution < 1.29 is 18.3 Å². The summed E-state index contributed by atoms with van der Waals surface area (Å²) >= 11 is 4.31. The van der Waals surface area contributed by atoms with E-state index in [1.807, 2.05) is 0 Å². The largest absolute Gasteiger partial charge is 0.477 e. The first kappa shape index (κ1) is 16.0. The maximum absolute atomic E-state index is 12.3. The molecule has 0 aliphatic rings. The molecular formula is C11H12BrN3O4S2. The zero-order valence-corrected chi connectivity index (χ0v) is 14.3. The third-order valence-corrected chi connectivity index (χ3v) is 5.44. The van der Waals surface area contributed by atoms with E-state index in [0.29, 0.717) is 3.79 Å². The van der Waals surface area contributed by atoms with Gasteiger partial charge in [0.25, 0.3) is 10.0 Å². The summed E-state index contributed by atoms with van der Waals surface area (Å²) in [6.45, 7) is 3.54. The van der Waals surface area contributed by atoms with E-state index in [9.17, 15) is 13.2 Å². The van der Waals surface area contributed by atoms with Crippen LogP contribution in [0.15, 0.2) is 27.1 Å². The Morgan fingerprint density at radius 3 is 2.62 bits per heavy atom. The van der Waals surface area contributed by atoms with Crippen molar-refractivity contribution in [2.24, 2.45) is 0 Å². The number of aromatic nitrogens is 2. The topological polar surface area (TPSA) is 101 Å². The number of sulfonamides is 1. The van der Waals surface area contributed by atoms with Gasteiger partial charge in [0.05, 0.1) is 9.98 Å². The predicted octanol–water partition coefficient (Wildman–Crippen LogP) is 2.79. The number of rotatable bonds is 5. The molecule has 114 valence electrons. The molecule has 0 atom stereocenters. The number of aromatic carboxylic acids is 1. The molecule has 2 N–H and O–H groups in total. The Kier molecular flexibility index (Phi) is 4.40. The minimum absolute atomic E-state index is 0.0781. The molecule has 0 aliphatic heterocycles. The molecule has 2 aromatic rings. The van der Waals surface area contributed by atoms with Crippen LogP contribution in [0.4, 0.5) is 5.13 Å². The van der Waals surface area contributed by atoms with Gasteiger partial charge >= 0.3 is 5.97 Å². The number of anilines is 1. The Hall–Kier alpha value is -1.39. The van der Waals surface area contributed by atoms with E-state index in [4.69, 9.17) is 5.11 Å². The molecule has 0 fully saturated rings. The normalized spacial score (nSPS) is 11.8. The molecule has 2 rings (SSSR count). The predicted molar refractivity (Wildman–Crippen MR) is 82.4 cm³/mol. The lowest BCUT2D eigenvalue weighted by Crippen LogP contribution is -2.12. The third-order valence-electron chi connectivity index (χ3n) is 2.61. The summed E-state index contributed by atoms with van der Waals surface area (Å²) in [7, 11) is -3.88. The first-order valence-corrected chi connectivity index (χ1v) is 8.89. The van der Waals surface area contributed by atoms with Gasteiger partial charge in [-0.25, -0.2) is 18.2 Å². The number of halogens is 1. The van der Waals surface area contributed by atoms with Gasteiger partial charge in [-0.3, -0.25) is 4.72 Å². The molecule has 0 saturated carbocycles. The zero-order valence-electron chi connectivity index (χ0n) is 11.1. The third kappa shape index (κ3) is 3.44. The van der Waals surface area contributed by atoms with Crippen molar-refractivity contribution in [3.05, 3.63) is 27.9 Å². The first-order chi connectivity index (χ1) is 9.70. The van der Waals surface area contributed by atoms with Crippen LogP contribution in [-0.2, 0) is 10.0 Å². The summed E-state index contributed by atoms with van der Waals surface area (Å²) in [6, 6.07) is 0.960. The Balaban J connectivity index is 2.40. The summed E-state index contributed by atoms with van der Waals surface area (Å²) in [5.41, 5.74) is -0.0781. The number of thiazole rings is 1. The molecule has 0 unspecified atom stereocenters. The van der Waals surface area contributed by atoms with Crippen molar-refractivity contribution in [3.63, 3.8) is 0 Å². The van der Waals surface area contributed by atoms with Gasteiger partial charge in [0.1, 0.15) is 10.6 Å². The number of carboxylic acid groups (broad SMARTS) is 1. The van der Waals surface area contributed by atoms with Crippen molar-refractivity contribution >= 4 is 48.4 Å². The van der Waals surface area contributed by atoms with E-state index in [-0.39, 0.29) is 21.8 Å². The van der Waals surface area contributed by atoms with Crippen LogP contribution in [0, 0.1) is 0 Å². The molecule has 2 heterocycles. The highest BCUT2D eigenvalue weighted by Gasteiger charge is 2.23. The van der Waals surface area contributed by atoms with Crippen LogP contribution in [0.3, 0.4) is 0 Å². The van der Waals surface area contributed by atoms with Gasteiger partial charge in [-0.05, 0) is 35.8 Å². The molecule has 0 aliphatic carbocycles. The molecular weight excluding hydrogens is 382 g/mol. The lowest BCUT2D eigenvalue weighted by molar-refractivity contribution is 0.0683. The monoisotopic (exact) mass is 393 g/mol. The zero-order chi connectivity index (χ0) is 15.8. The lowest BCUT2D eigenvalue weighted by Gasteiger charge is -2.09. The minimum Gasteiger partial charge on any atom is -0.477 e. The van der Waals surface area contributed by atoms with Crippen molar-refractivity contribution in [1.29, 1.82) is 0 Å². The number of hydrogen-bond donors (Lipinski definition) is 2. The maximum Gasteiger partial charge on any atom is 0.352 e. The molecule has 0 amide bonds. The van der Waals surface area contributed by atoms with Crippen LogP contribution >= 0.6 is 27.3 Å². The molecule has 0 aromatic carbocycles. The molecule has 0 bridgehead atoms. The van der Waals surface area contributed by atoms with E-state index in [1.54, 1.807) is 13.8 Å². The summed E-state index contributed by atoms with van der Waals surface area (Å²) in [5, 5.41) is 9.34. The summed E-state index contributed by atoms with van der Waals surface area (Å²) in [5.74, 6) is -1.18. The Morgan fingerprint density at radius 2 is 2.19 bits per heavy atom. The molecule has 0 spiro atoms. The summed E-state index contributed by atoms with van der Waals surface area (Å²) < 4.78 is 28.9. The van der Waals surface area contributed by atoms with Crippen LogP contribution in [0.25, 0.3) is 0 Å². The highest BCUT2D eigenvalue weighted by atomic mass is 79.9. The van der Waals surface area contributed by atoms with Crippen LogP contribution < -0.4 is 4.72 Å². The number of hydrogen-bond acceptors (Lipinski definition) is 5. The van der Waals surface area contributed by atoms with E-state index in [1.165, 1.54) is 17.0 Å². The number of nitrogens with one attached hydrogen (secondary N) is 1. The quantitative estimate of drug-likeness (QED) is 0.812. The van der Waals surface area contributed by atoms with E-state index >= 15 is 0 Å². The van der Waals surface area contributed by atoms with Crippen molar-refractivity contribution in [1.82, 2.24) is 9.55 Å². The van der Waals surface area contributed by atoms with Gasteiger partial charge in [0, 0.05) is 12.2 Å². The molecule has 0 saturated heterocycles. The van der Waals surface area contributed by atoms with E-state index in [0.717, 1.165) is 17.4 Å². The molecule has 2 aromatic heterocycles. The van der Waals surface area contributed by atoms with Gasteiger partial charge in [0.15, 0.2) is 5.13 Å². The van der Waals surface area contributed by atoms with Gasteiger partial charge in [-0.15, -0.1) is 0 Å². The number of carbonyl (C=O) groups is 1. The smallest absolute Gasteiger partial charge is 0.352 e. The molecule has 0 radical (unpaired) electrons. The highest BCUT2D eigenvalue weighted by Crippen LogP contribution is 2.26. The second-order valence-electron chi connectivity index (χ2n) is 4.44. The minimum atomic E-state index is -3.88. The van der Waals surface area contributed by atoms with Gasteiger partial charge in [-0.2, -0.15) is 0 Å². The Bertz CT molecular complexity index is 779. The van der Waals surface area contributed by atoms with E-state index in [2.05, 4.69) is 25.6 Å². The van der Waals surface area contributed by atoms with Gasteiger partial charge < -0.3 is 9.67 Å². The van der Waals surface area contributed by atoms with Crippen molar-refractivity contribution in [2.75, 3.05) is 4.72 Å². The van der Waals surface area contributed by atoms with Crippen LogP contribution in [-0.4, -0.2) is 29.0 Å². The maximum atomic E-state index is 12.3. The van der Waals surface area contributed by atoms with Crippen LogP contribution in [0.2, 0.25) is 0 Å². The average Bonchev–Trinajstić information content (AvgIpc) is 2.95. The summed E-state index contributed by atoms with van der Waals surface area (Å²) in [6.07, 6.45) is 2.78. The SMILES string of the molecule is CC(C)n1cc(S(=O)(=O)Nc2ncc(Br)s2)cc1C(=O)O. The standard InChI is InChI=1S/C11H12BrN3O4S2/c1-6(2)15-5-7(3-8(15)10(16)17)21(18,19)14-11-13-4-9(12)20-11/h3-6H,1-2H3,(H,13,14)(H,16,17). The highest BCUT2D eigenvalue weighted by molar-refractivity contribution is 9.11. The summed E-state index contributed by atoms with van der Waals surface area (Å²) in [4.78, 5) is 14.9. The number of nitrogens with zero attached hydrogens (tertiary/aromatic N) is 2. The average molecular weight is 394 g/mol. The molecule has 10 heteroatoms. The number of carboxylic acids is 1. The van der Waals surface area contributed by atoms with Gasteiger partial charge in [-0.1, -0.05) is 11.3 Å². The Labute approximate surface area is 133 Å². The van der Waals surface area contributed by atoms with Crippen molar-refractivity contribution in [3.8, 4) is 0 Å². The van der Waals surface area contributed by atoms with Gasteiger partial charge in [0.2, 0.25) is 0 Å². The molecule has 7 nitrogen and oxygen atoms in total. The fraction of sp³-hybridized carbons (Fsp3) is 0.273. The van der Waals surface area contributed by atoms with Crippen molar-refractivity contribution in [2.45, 2.75) is 24.8 Å². The molecule has 21 heavy (non-hydrogen) atoms. The van der Waals surface area contributed by atoms with Crippen LogP contribution in [0.5, 0.6) is 0 Å².